The van der Waals surface area contributed by atoms with Crippen LogP contribution in [0.1, 0.15) is 43.8 Å². The summed E-state index contributed by atoms with van der Waals surface area (Å²) >= 11 is 13.8. The molecule has 0 bridgehead atoms. The average Bonchev–Trinajstić information content (AvgIpc) is 3.14. The van der Waals surface area contributed by atoms with Gasteiger partial charge in [0.25, 0.3) is 11.8 Å². The minimum atomic E-state index is -0.590. The van der Waals surface area contributed by atoms with Crippen LogP contribution in [-0.2, 0) is 6.42 Å². The Hall–Kier alpha value is -2.35. The lowest BCUT2D eigenvalue weighted by Crippen LogP contribution is -2.18. The number of carbonyl (C=O) groups is 2. The van der Waals surface area contributed by atoms with Crippen LogP contribution in [0.15, 0.2) is 22.7 Å². The molecular weight excluding hydrogens is 421 g/mol. The molecule has 0 saturated carbocycles. The number of nitrogens with zero attached hydrogens (tertiary/aromatic N) is 1. The molecule has 3 N–H and O–H groups in total. The lowest BCUT2D eigenvalue weighted by atomic mass is 10.0. The van der Waals surface area contributed by atoms with Crippen LogP contribution >= 0.6 is 34.5 Å². The molecule has 3 rings (SSSR count). The summed E-state index contributed by atoms with van der Waals surface area (Å²) in [5, 5.41) is 7.82. The molecule has 0 spiro atoms. The average molecular weight is 438 g/mol. The Labute approximate surface area is 175 Å². The van der Waals surface area contributed by atoms with E-state index < -0.39 is 11.8 Å². The van der Waals surface area contributed by atoms with E-state index in [0.717, 1.165) is 10.4 Å². The molecule has 0 saturated heterocycles. The summed E-state index contributed by atoms with van der Waals surface area (Å²) in [5.41, 5.74) is 7.51. The van der Waals surface area contributed by atoms with Crippen molar-refractivity contribution in [3.63, 3.8) is 0 Å². The minimum Gasteiger partial charge on any atom is -0.365 e. The largest absolute Gasteiger partial charge is 0.365 e. The molecule has 28 heavy (non-hydrogen) atoms. The number of primary amides is 1. The normalized spacial score (nSPS) is 10.9. The van der Waals surface area contributed by atoms with Gasteiger partial charge in [-0.25, -0.2) is 0 Å². The molecule has 0 fully saturated rings. The zero-order valence-electron chi connectivity index (χ0n) is 15.4. The molecule has 2 heterocycles. The maximum absolute atomic E-state index is 13.1. The number of aryl methyl sites for hydroxylation is 2. The van der Waals surface area contributed by atoms with Crippen LogP contribution in [-0.4, -0.2) is 17.0 Å². The van der Waals surface area contributed by atoms with Gasteiger partial charge < -0.3 is 15.6 Å². The Morgan fingerprint density at radius 3 is 2.43 bits per heavy atom. The van der Waals surface area contributed by atoms with Gasteiger partial charge in [-0.1, -0.05) is 41.3 Å². The predicted octanol–water partition coefficient (Wildman–Crippen LogP) is 5.24. The number of hydrogen-bond acceptors (Lipinski definition) is 5. The van der Waals surface area contributed by atoms with Crippen molar-refractivity contribution in [1.29, 1.82) is 0 Å². The van der Waals surface area contributed by atoms with Crippen molar-refractivity contribution >= 4 is 51.4 Å². The van der Waals surface area contributed by atoms with Crippen molar-refractivity contribution in [3.05, 3.63) is 55.6 Å². The maximum atomic E-state index is 13.1. The fourth-order valence-electron chi connectivity index (χ4n) is 3.05. The third kappa shape index (κ3) is 3.53. The van der Waals surface area contributed by atoms with Crippen molar-refractivity contribution in [2.24, 2.45) is 5.73 Å². The lowest BCUT2D eigenvalue weighted by Gasteiger charge is -2.08. The van der Waals surface area contributed by atoms with Gasteiger partial charge in [-0.2, -0.15) is 0 Å². The summed E-state index contributed by atoms with van der Waals surface area (Å²) in [7, 11) is 0. The topological polar surface area (TPSA) is 98.2 Å². The van der Waals surface area contributed by atoms with Gasteiger partial charge in [0.05, 0.1) is 15.6 Å². The van der Waals surface area contributed by atoms with E-state index in [1.54, 1.807) is 25.1 Å². The second-order valence-electron chi connectivity index (χ2n) is 6.07. The zero-order chi connectivity index (χ0) is 20.6. The lowest BCUT2D eigenvalue weighted by molar-refractivity contribution is 0.100. The molecule has 0 atom stereocenters. The first kappa shape index (κ1) is 20.4. The number of thiophene rings is 1. The van der Waals surface area contributed by atoms with Crippen LogP contribution in [0, 0.1) is 13.8 Å². The molecule has 0 radical (unpaired) electrons. The molecule has 2 amide bonds. The summed E-state index contributed by atoms with van der Waals surface area (Å²) in [6.07, 6.45) is 0.628. The van der Waals surface area contributed by atoms with Crippen molar-refractivity contribution in [2.45, 2.75) is 27.2 Å². The third-order valence-electron chi connectivity index (χ3n) is 4.33. The van der Waals surface area contributed by atoms with E-state index >= 15 is 0 Å². The number of halogens is 2. The first-order valence-electron chi connectivity index (χ1n) is 8.40. The van der Waals surface area contributed by atoms with Gasteiger partial charge in [-0.15, -0.1) is 11.3 Å². The van der Waals surface area contributed by atoms with Crippen molar-refractivity contribution in [2.75, 3.05) is 5.32 Å². The second-order valence-corrected chi connectivity index (χ2v) is 8.11. The minimum absolute atomic E-state index is 0.189. The van der Waals surface area contributed by atoms with E-state index in [2.05, 4.69) is 10.5 Å². The number of amides is 2. The number of hydrogen-bond donors (Lipinski definition) is 2. The van der Waals surface area contributed by atoms with Gasteiger partial charge in [-0.3, -0.25) is 9.59 Å². The number of aromatic nitrogens is 1. The number of anilines is 1. The Morgan fingerprint density at radius 1 is 1.21 bits per heavy atom. The number of nitrogens with two attached hydrogens (primary N) is 1. The first-order valence-corrected chi connectivity index (χ1v) is 9.97. The van der Waals surface area contributed by atoms with Crippen LogP contribution in [0.25, 0.3) is 11.3 Å². The molecule has 9 heteroatoms. The number of carbonyl (C=O) groups excluding carboxylic acids is 2. The number of nitrogens with one attached hydrogen (secondary N) is 1. The summed E-state index contributed by atoms with van der Waals surface area (Å²) < 4.78 is 5.23. The molecular formula is C19H17Cl2N3O3S. The molecule has 146 valence electrons. The van der Waals surface area contributed by atoms with Crippen molar-refractivity contribution < 1.29 is 14.1 Å². The molecule has 2 aromatic heterocycles. The molecule has 0 unspecified atom stereocenters. The summed E-state index contributed by atoms with van der Waals surface area (Å²) in [6.45, 7) is 5.42. The maximum Gasteiger partial charge on any atom is 0.262 e. The summed E-state index contributed by atoms with van der Waals surface area (Å²) in [5.74, 6) is -0.780. The molecule has 0 aliphatic heterocycles. The van der Waals surface area contributed by atoms with Gasteiger partial charge >= 0.3 is 0 Å². The first-order chi connectivity index (χ1) is 13.3. The standard InChI is InChI=1S/C19H17Cl2N3O3S/c1-4-10-9(3)28-19(14(10)17(22)25)23-18(26)13-8(2)27-24-16(13)15-11(20)6-5-7-12(15)21/h5-7H,4H2,1-3H3,(H2,22,25)(H,23,26). The molecule has 3 aromatic rings. The SMILES string of the molecule is CCc1c(C)sc(NC(=O)c2c(-c3c(Cl)cccc3Cl)noc2C)c1C(N)=O. The second kappa shape index (κ2) is 7.95. The van der Waals surface area contributed by atoms with Crippen LogP contribution in [0.2, 0.25) is 10.0 Å². The monoisotopic (exact) mass is 437 g/mol. The van der Waals surface area contributed by atoms with E-state index in [9.17, 15) is 9.59 Å². The van der Waals surface area contributed by atoms with Gasteiger partial charge in [0.15, 0.2) is 0 Å². The fraction of sp³-hybridized carbons (Fsp3) is 0.211. The molecule has 1 aromatic carbocycles. The van der Waals surface area contributed by atoms with E-state index in [1.807, 2.05) is 13.8 Å². The highest BCUT2D eigenvalue weighted by atomic mass is 35.5. The zero-order valence-corrected chi connectivity index (χ0v) is 17.7. The number of benzene rings is 1. The van der Waals surface area contributed by atoms with Crippen molar-refractivity contribution in [1.82, 2.24) is 5.16 Å². The Morgan fingerprint density at radius 2 is 1.86 bits per heavy atom. The fourth-order valence-corrected chi connectivity index (χ4v) is 4.77. The Balaban J connectivity index is 2.07. The molecule has 0 aliphatic carbocycles. The molecule has 6 nitrogen and oxygen atoms in total. The van der Waals surface area contributed by atoms with Crippen LogP contribution in [0.5, 0.6) is 0 Å². The van der Waals surface area contributed by atoms with Crippen molar-refractivity contribution in [3.8, 4) is 11.3 Å². The Kier molecular flexibility index (Phi) is 5.79. The van der Waals surface area contributed by atoms with E-state index in [0.29, 0.717) is 38.4 Å². The van der Waals surface area contributed by atoms with Crippen LogP contribution < -0.4 is 11.1 Å². The molecule has 0 aliphatic rings. The van der Waals surface area contributed by atoms with Crippen LogP contribution in [0.4, 0.5) is 5.00 Å². The highest BCUT2D eigenvalue weighted by molar-refractivity contribution is 7.16. The van der Waals surface area contributed by atoms with E-state index in [-0.39, 0.29) is 11.3 Å². The summed E-state index contributed by atoms with van der Waals surface area (Å²) in [4.78, 5) is 25.9. The third-order valence-corrected chi connectivity index (χ3v) is 6.02. The van der Waals surface area contributed by atoms with E-state index in [1.165, 1.54) is 11.3 Å². The van der Waals surface area contributed by atoms with Gasteiger partial charge in [0.1, 0.15) is 22.0 Å². The van der Waals surface area contributed by atoms with Gasteiger partial charge in [0.2, 0.25) is 0 Å². The predicted molar refractivity (Wildman–Crippen MR) is 112 cm³/mol. The number of rotatable bonds is 5. The summed E-state index contributed by atoms with van der Waals surface area (Å²) in [6, 6.07) is 4.99. The highest BCUT2D eigenvalue weighted by Crippen LogP contribution is 2.38. The highest BCUT2D eigenvalue weighted by Gasteiger charge is 2.27. The van der Waals surface area contributed by atoms with Crippen LogP contribution in [0.3, 0.4) is 0 Å². The Bertz CT molecular complexity index is 1070. The quantitative estimate of drug-likeness (QED) is 0.569. The van der Waals surface area contributed by atoms with E-state index in [4.69, 9.17) is 33.5 Å². The van der Waals surface area contributed by atoms with Gasteiger partial charge in [-0.05, 0) is 38.0 Å². The smallest absolute Gasteiger partial charge is 0.262 e. The van der Waals surface area contributed by atoms with Gasteiger partial charge in [0, 0.05) is 10.4 Å².